The van der Waals surface area contributed by atoms with Crippen molar-refractivity contribution >= 4 is 17.3 Å². The topological polar surface area (TPSA) is 70.5 Å². The average molecular weight is 469 g/mol. The fourth-order valence-electron chi connectivity index (χ4n) is 7.07. The number of fused-ring (bicyclic) bond motifs is 3. The summed E-state index contributed by atoms with van der Waals surface area (Å²) in [4.78, 5) is 14.9. The van der Waals surface area contributed by atoms with Crippen LogP contribution in [0.1, 0.15) is 73.3 Å². The summed E-state index contributed by atoms with van der Waals surface area (Å²) in [6.45, 7) is 7.67. The molecule has 2 N–H and O–H groups in total. The van der Waals surface area contributed by atoms with Gasteiger partial charge in [-0.25, -0.2) is 9.97 Å². The van der Waals surface area contributed by atoms with Gasteiger partial charge in [-0.15, -0.1) is 11.3 Å². The molecule has 2 aromatic heterocycles. The summed E-state index contributed by atoms with van der Waals surface area (Å²) < 4.78 is 6.50. The van der Waals surface area contributed by atoms with E-state index in [9.17, 15) is 5.11 Å². The van der Waals surface area contributed by atoms with E-state index in [4.69, 9.17) is 4.74 Å². The van der Waals surface area contributed by atoms with Crippen molar-refractivity contribution in [3.8, 4) is 0 Å². The molecule has 5 aliphatic rings. The van der Waals surface area contributed by atoms with E-state index in [1.165, 1.54) is 16.0 Å². The van der Waals surface area contributed by atoms with Crippen LogP contribution in [-0.2, 0) is 29.7 Å². The van der Waals surface area contributed by atoms with Crippen LogP contribution in [-0.4, -0.2) is 51.3 Å². The third-order valence-corrected chi connectivity index (χ3v) is 10.2. The van der Waals surface area contributed by atoms with Crippen LogP contribution in [0.15, 0.2) is 18.5 Å². The van der Waals surface area contributed by atoms with Crippen LogP contribution >= 0.6 is 11.3 Å². The molecule has 3 saturated carbocycles. The van der Waals surface area contributed by atoms with Gasteiger partial charge in [-0.1, -0.05) is 6.92 Å². The maximum Gasteiger partial charge on any atom is 0.223 e. The molecule has 2 aromatic rings. The zero-order chi connectivity index (χ0) is 22.7. The second-order valence-corrected chi connectivity index (χ2v) is 12.3. The first kappa shape index (κ1) is 22.0. The van der Waals surface area contributed by atoms with Crippen LogP contribution in [0, 0.1) is 5.41 Å². The number of thiophene rings is 1. The highest BCUT2D eigenvalue weighted by molar-refractivity contribution is 7.12. The quantitative estimate of drug-likeness (QED) is 0.660. The number of likely N-dealkylation sites (tertiary alicyclic amines) is 1. The average Bonchev–Trinajstić information content (AvgIpc) is 3.49. The molecule has 2 aliphatic heterocycles. The first-order valence-corrected chi connectivity index (χ1v) is 13.5. The van der Waals surface area contributed by atoms with Crippen LogP contribution in [0.2, 0.25) is 0 Å². The van der Waals surface area contributed by atoms with E-state index in [1.807, 2.05) is 23.7 Å². The van der Waals surface area contributed by atoms with Crippen LogP contribution in [0.4, 0.5) is 5.95 Å². The number of ether oxygens (including phenoxy) is 1. The Morgan fingerprint density at radius 2 is 2.06 bits per heavy atom. The molecule has 2 atom stereocenters. The van der Waals surface area contributed by atoms with Crippen molar-refractivity contribution in [2.45, 2.75) is 88.9 Å². The van der Waals surface area contributed by atoms with Gasteiger partial charge in [-0.05, 0) is 68.9 Å². The minimum absolute atomic E-state index is 0.0924. The van der Waals surface area contributed by atoms with E-state index in [-0.39, 0.29) is 16.6 Å². The molecule has 3 aliphatic carbocycles. The number of anilines is 1. The number of piperidine rings is 1. The number of hydrogen-bond donors (Lipinski definition) is 2. The lowest BCUT2D eigenvalue weighted by atomic mass is 9.65. The van der Waals surface area contributed by atoms with E-state index in [1.54, 1.807) is 4.88 Å². The van der Waals surface area contributed by atoms with Gasteiger partial charge in [0.05, 0.1) is 12.2 Å². The number of rotatable bonds is 6. The highest BCUT2D eigenvalue weighted by Gasteiger charge is 2.60. The molecular weight excluding hydrogens is 432 g/mol. The van der Waals surface area contributed by atoms with Crippen molar-refractivity contribution in [1.29, 1.82) is 0 Å². The first-order valence-electron chi connectivity index (χ1n) is 12.7. The summed E-state index contributed by atoms with van der Waals surface area (Å²) in [7, 11) is 0. The molecule has 4 heterocycles. The molecule has 1 saturated heterocycles. The summed E-state index contributed by atoms with van der Waals surface area (Å²) in [5.74, 6) is 0.727. The molecule has 33 heavy (non-hydrogen) atoms. The fourth-order valence-corrected chi connectivity index (χ4v) is 8.24. The van der Waals surface area contributed by atoms with Crippen molar-refractivity contribution in [3.63, 3.8) is 0 Å². The number of nitrogens with one attached hydrogen (secondary N) is 1. The zero-order valence-electron chi connectivity index (χ0n) is 19.9. The summed E-state index contributed by atoms with van der Waals surface area (Å²) in [5, 5.41) is 13.2. The first-order chi connectivity index (χ1) is 16.0. The molecule has 0 aromatic carbocycles. The molecule has 7 rings (SSSR count). The molecular formula is C26H36N4O2S. The lowest BCUT2D eigenvalue weighted by molar-refractivity contribution is -0.112. The highest BCUT2D eigenvalue weighted by atomic mass is 32.1. The lowest BCUT2D eigenvalue weighted by Crippen LogP contribution is -2.50. The maximum absolute atomic E-state index is 9.63. The Kier molecular flexibility index (Phi) is 5.33. The number of aliphatic hydroxyl groups excluding tert-OH is 1. The van der Waals surface area contributed by atoms with Crippen LogP contribution < -0.4 is 5.32 Å². The molecule has 7 heteroatoms. The standard InChI is InChI=1S/C26H36N4O2S/c1-3-20-10-21-22(33-20)4-9-32-26(21)7-8-30(18(2)11-26)14-19-12-27-23(28-13-19)29-25-6-5-24(15-25,16-25)17-31/h10,12-13,18,31H,3-9,11,14-17H2,1-2H3,(H,27,28,29)/t18-,24?,25?,26+/m0/s1. The van der Waals surface area contributed by atoms with Gasteiger partial charge in [0.2, 0.25) is 5.95 Å². The molecule has 2 bridgehead atoms. The van der Waals surface area contributed by atoms with Gasteiger partial charge in [0.25, 0.3) is 0 Å². The second-order valence-electron chi connectivity index (χ2n) is 11.1. The SMILES string of the molecule is CCc1cc2c(s1)CCO[C@@]21CCN(Cc2cnc(NC34CCC(CO)(C3)C4)nc2)[C@@H](C)C1. The number of nitrogens with zero attached hydrogens (tertiary/aromatic N) is 3. The Morgan fingerprint density at radius 3 is 2.76 bits per heavy atom. The van der Waals surface area contributed by atoms with Gasteiger partial charge >= 0.3 is 0 Å². The molecule has 0 amide bonds. The Morgan fingerprint density at radius 1 is 1.24 bits per heavy atom. The predicted octanol–water partition coefficient (Wildman–Crippen LogP) is 4.27. The summed E-state index contributed by atoms with van der Waals surface area (Å²) in [6.07, 6.45) is 12.6. The molecule has 178 valence electrons. The van der Waals surface area contributed by atoms with E-state index in [2.05, 4.69) is 40.1 Å². The minimum atomic E-state index is -0.0924. The number of aliphatic hydroxyl groups is 1. The predicted molar refractivity (Wildman–Crippen MR) is 131 cm³/mol. The van der Waals surface area contributed by atoms with Gasteiger partial charge in [0, 0.05) is 65.4 Å². The molecule has 6 nitrogen and oxygen atoms in total. The fraction of sp³-hybridized carbons (Fsp3) is 0.692. The van der Waals surface area contributed by atoms with Crippen LogP contribution in [0.25, 0.3) is 0 Å². The van der Waals surface area contributed by atoms with Gasteiger partial charge in [-0.2, -0.15) is 0 Å². The Bertz CT molecular complexity index is 1020. The van der Waals surface area contributed by atoms with Crippen molar-refractivity contribution < 1.29 is 9.84 Å². The van der Waals surface area contributed by atoms with Crippen molar-refractivity contribution in [1.82, 2.24) is 14.9 Å². The van der Waals surface area contributed by atoms with E-state index in [0.717, 1.165) is 77.0 Å². The van der Waals surface area contributed by atoms with Gasteiger partial charge in [0.15, 0.2) is 0 Å². The third-order valence-electron chi connectivity index (χ3n) is 8.82. The Hall–Kier alpha value is -1.54. The van der Waals surface area contributed by atoms with Crippen LogP contribution in [0.3, 0.4) is 0 Å². The largest absolute Gasteiger partial charge is 0.396 e. The summed E-state index contributed by atoms with van der Waals surface area (Å²) in [6, 6.07) is 2.88. The molecule has 0 unspecified atom stereocenters. The van der Waals surface area contributed by atoms with Crippen molar-refractivity contribution in [2.24, 2.45) is 5.41 Å². The van der Waals surface area contributed by atoms with E-state index in [0.29, 0.717) is 12.6 Å². The summed E-state index contributed by atoms with van der Waals surface area (Å²) >= 11 is 2.00. The lowest BCUT2D eigenvalue weighted by Gasteiger charge is -2.47. The maximum atomic E-state index is 9.63. The highest BCUT2D eigenvalue weighted by Crippen LogP contribution is 2.62. The monoisotopic (exact) mass is 468 g/mol. The molecule has 0 radical (unpaired) electrons. The van der Waals surface area contributed by atoms with E-state index >= 15 is 0 Å². The smallest absolute Gasteiger partial charge is 0.223 e. The van der Waals surface area contributed by atoms with Gasteiger partial charge in [-0.3, -0.25) is 4.90 Å². The third kappa shape index (κ3) is 3.72. The van der Waals surface area contributed by atoms with Crippen LogP contribution in [0.5, 0.6) is 0 Å². The Balaban J connectivity index is 1.09. The van der Waals surface area contributed by atoms with Gasteiger partial charge < -0.3 is 15.2 Å². The van der Waals surface area contributed by atoms with Crippen molar-refractivity contribution in [3.05, 3.63) is 39.3 Å². The molecule has 1 spiro atoms. The molecule has 4 fully saturated rings. The summed E-state index contributed by atoms with van der Waals surface area (Å²) in [5.41, 5.74) is 2.83. The number of aromatic nitrogens is 2. The van der Waals surface area contributed by atoms with Gasteiger partial charge in [0.1, 0.15) is 0 Å². The minimum Gasteiger partial charge on any atom is -0.396 e. The Labute approximate surface area is 200 Å². The number of hydrogen-bond acceptors (Lipinski definition) is 7. The zero-order valence-corrected chi connectivity index (χ0v) is 20.7. The van der Waals surface area contributed by atoms with E-state index < -0.39 is 0 Å². The normalized spacial score (nSPS) is 35.4. The number of aryl methyl sites for hydroxylation is 1. The van der Waals surface area contributed by atoms with Crippen molar-refractivity contribution in [2.75, 3.05) is 25.1 Å². The second kappa shape index (κ2) is 8.01.